The number of pyridine rings is 2. The van der Waals surface area contributed by atoms with Gasteiger partial charge in [-0.3, -0.25) is 9.78 Å². The number of benzene rings is 1. The third-order valence-electron chi connectivity index (χ3n) is 3.83. The van der Waals surface area contributed by atoms with E-state index in [0.717, 1.165) is 17.5 Å². The minimum Gasteiger partial charge on any atom is -0.366 e. The number of rotatable bonds is 7. The second-order valence-electron chi connectivity index (χ2n) is 5.78. The van der Waals surface area contributed by atoms with Crippen LogP contribution in [0.15, 0.2) is 67.1 Å². The number of halogens is 1. The molecule has 0 radical (unpaired) electrons. The van der Waals surface area contributed by atoms with E-state index in [1.165, 1.54) is 0 Å². The van der Waals surface area contributed by atoms with Crippen LogP contribution >= 0.6 is 11.6 Å². The number of nitrogens with one attached hydrogen (secondary N) is 2. The second kappa shape index (κ2) is 8.97. The number of amides is 1. The summed E-state index contributed by atoms with van der Waals surface area (Å²) >= 11 is 5.86. The van der Waals surface area contributed by atoms with Crippen LogP contribution in [0.25, 0.3) is 0 Å². The van der Waals surface area contributed by atoms with Crippen LogP contribution in [0.2, 0.25) is 5.02 Å². The molecule has 0 aliphatic carbocycles. The number of carbonyl (C=O) groups excluding carboxylic acids is 1. The number of hydrogen-bond donors (Lipinski definition) is 2. The summed E-state index contributed by atoms with van der Waals surface area (Å²) in [6.07, 6.45) is 5.86. The molecule has 2 N–H and O–H groups in total. The average molecular weight is 367 g/mol. The minimum absolute atomic E-state index is 0.134. The Labute approximate surface area is 157 Å². The van der Waals surface area contributed by atoms with E-state index in [0.29, 0.717) is 29.5 Å². The number of nitrogens with zero attached hydrogens (tertiary/aromatic N) is 2. The van der Waals surface area contributed by atoms with Gasteiger partial charge in [-0.05, 0) is 47.9 Å². The van der Waals surface area contributed by atoms with Crippen molar-refractivity contribution in [3.63, 3.8) is 0 Å². The molecule has 2 heterocycles. The summed E-state index contributed by atoms with van der Waals surface area (Å²) in [5, 5.41) is 6.81. The van der Waals surface area contributed by atoms with Crippen LogP contribution in [0.4, 0.5) is 5.82 Å². The number of anilines is 1. The topological polar surface area (TPSA) is 66.9 Å². The smallest absolute Gasteiger partial charge is 0.252 e. The van der Waals surface area contributed by atoms with Gasteiger partial charge in [0, 0.05) is 36.7 Å². The molecule has 0 fully saturated rings. The fourth-order valence-corrected chi connectivity index (χ4v) is 2.53. The largest absolute Gasteiger partial charge is 0.366 e. The summed E-state index contributed by atoms with van der Waals surface area (Å²) in [6.45, 7) is 1.19. The molecule has 26 heavy (non-hydrogen) atoms. The molecular weight excluding hydrogens is 348 g/mol. The van der Waals surface area contributed by atoms with Crippen molar-refractivity contribution in [2.75, 3.05) is 11.9 Å². The van der Waals surface area contributed by atoms with E-state index in [1.807, 2.05) is 36.4 Å². The van der Waals surface area contributed by atoms with E-state index >= 15 is 0 Å². The molecule has 5 nitrogen and oxygen atoms in total. The highest BCUT2D eigenvalue weighted by Gasteiger charge is 2.06. The van der Waals surface area contributed by atoms with E-state index in [9.17, 15) is 4.79 Å². The lowest BCUT2D eigenvalue weighted by molar-refractivity contribution is 0.0954. The molecule has 0 atom stereocenters. The molecule has 0 bridgehead atoms. The fraction of sp³-hybridized carbons (Fsp3) is 0.150. The second-order valence-corrected chi connectivity index (χ2v) is 6.22. The maximum absolute atomic E-state index is 12.2. The van der Waals surface area contributed by atoms with Gasteiger partial charge in [-0.15, -0.1) is 0 Å². The predicted octanol–water partition coefficient (Wildman–Crippen LogP) is 3.71. The SMILES string of the molecule is O=C(NCCc1ccc(Cl)cc1)c1ccc(NCc2cccnc2)nc1. The van der Waals surface area contributed by atoms with Gasteiger partial charge in [0.15, 0.2) is 0 Å². The molecule has 132 valence electrons. The molecule has 0 aliphatic heterocycles. The first kappa shape index (κ1) is 17.9. The summed E-state index contributed by atoms with van der Waals surface area (Å²) in [4.78, 5) is 20.5. The van der Waals surface area contributed by atoms with Crippen molar-refractivity contribution < 1.29 is 4.79 Å². The molecule has 0 aliphatic rings. The highest BCUT2D eigenvalue weighted by molar-refractivity contribution is 6.30. The quantitative estimate of drug-likeness (QED) is 0.668. The number of aromatic nitrogens is 2. The average Bonchev–Trinajstić information content (AvgIpc) is 2.69. The Hall–Kier alpha value is -2.92. The van der Waals surface area contributed by atoms with E-state index < -0.39 is 0 Å². The first-order chi connectivity index (χ1) is 12.7. The van der Waals surface area contributed by atoms with Crippen LogP contribution in [0.5, 0.6) is 0 Å². The first-order valence-electron chi connectivity index (χ1n) is 8.32. The summed E-state index contributed by atoms with van der Waals surface area (Å²) in [5.41, 5.74) is 2.73. The van der Waals surface area contributed by atoms with Crippen molar-refractivity contribution in [3.05, 3.63) is 88.8 Å². The fourth-order valence-electron chi connectivity index (χ4n) is 2.40. The van der Waals surface area contributed by atoms with Crippen LogP contribution < -0.4 is 10.6 Å². The normalized spacial score (nSPS) is 10.3. The third kappa shape index (κ3) is 5.29. The van der Waals surface area contributed by atoms with E-state index in [-0.39, 0.29) is 5.91 Å². The lowest BCUT2D eigenvalue weighted by Crippen LogP contribution is -2.25. The van der Waals surface area contributed by atoms with Crippen molar-refractivity contribution in [2.45, 2.75) is 13.0 Å². The van der Waals surface area contributed by atoms with Gasteiger partial charge in [-0.2, -0.15) is 0 Å². The lowest BCUT2D eigenvalue weighted by Gasteiger charge is -2.08. The number of carbonyl (C=O) groups is 1. The van der Waals surface area contributed by atoms with E-state index in [4.69, 9.17) is 11.6 Å². The van der Waals surface area contributed by atoms with Crippen molar-refractivity contribution in [2.24, 2.45) is 0 Å². The van der Waals surface area contributed by atoms with Gasteiger partial charge in [0.1, 0.15) is 5.82 Å². The zero-order valence-electron chi connectivity index (χ0n) is 14.2. The Morgan fingerprint density at radius 2 is 1.85 bits per heavy atom. The zero-order valence-corrected chi connectivity index (χ0v) is 14.9. The van der Waals surface area contributed by atoms with Crippen molar-refractivity contribution in [1.82, 2.24) is 15.3 Å². The zero-order chi connectivity index (χ0) is 18.2. The first-order valence-corrected chi connectivity index (χ1v) is 8.70. The van der Waals surface area contributed by atoms with Crippen LogP contribution in [0.1, 0.15) is 21.5 Å². The maximum Gasteiger partial charge on any atom is 0.252 e. The summed E-state index contributed by atoms with van der Waals surface area (Å²) < 4.78 is 0. The van der Waals surface area contributed by atoms with Gasteiger partial charge >= 0.3 is 0 Å². The Morgan fingerprint density at radius 1 is 1.00 bits per heavy atom. The van der Waals surface area contributed by atoms with Gasteiger partial charge in [0.2, 0.25) is 0 Å². The molecule has 0 spiro atoms. The summed E-state index contributed by atoms with van der Waals surface area (Å²) in [6, 6.07) is 15.0. The summed E-state index contributed by atoms with van der Waals surface area (Å²) in [7, 11) is 0. The highest BCUT2D eigenvalue weighted by Crippen LogP contribution is 2.10. The standard InChI is InChI=1S/C20H19ClN4O/c21-18-6-3-15(4-7-18)9-11-23-20(26)17-5-8-19(25-14-17)24-13-16-2-1-10-22-12-16/h1-8,10,12,14H,9,11,13H2,(H,23,26)(H,24,25). The molecule has 1 amide bonds. The lowest BCUT2D eigenvalue weighted by atomic mass is 10.1. The molecule has 0 unspecified atom stereocenters. The van der Waals surface area contributed by atoms with Crippen molar-refractivity contribution in [1.29, 1.82) is 0 Å². The van der Waals surface area contributed by atoms with Gasteiger partial charge in [0.05, 0.1) is 5.56 Å². The minimum atomic E-state index is -0.134. The maximum atomic E-state index is 12.2. The van der Waals surface area contributed by atoms with Gasteiger partial charge in [0.25, 0.3) is 5.91 Å². The van der Waals surface area contributed by atoms with Crippen LogP contribution in [0, 0.1) is 0 Å². The van der Waals surface area contributed by atoms with Crippen LogP contribution in [-0.4, -0.2) is 22.4 Å². The molecule has 3 rings (SSSR count). The molecule has 0 saturated carbocycles. The molecule has 6 heteroatoms. The molecule has 1 aromatic carbocycles. The molecule has 3 aromatic rings. The molecule has 0 saturated heterocycles. The predicted molar refractivity (Wildman–Crippen MR) is 103 cm³/mol. The number of hydrogen-bond acceptors (Lipinski definition) is 4. The third-order valence-corrected chi connectivity index (χ3v) is 4.09. The highest BCUT2D eigenvalue weighted by atomic mass is 35.5. The van der Waals surface area contributed by atoms with Crippen molar-refractivity contribution in [3.8, 4) is 0 Å². The van der Waals surface area contributed by atoms with Gasteiger partial charge in [-0.1, -0.05) is 29.8 Å². The van der Waals surface area contributed by atoms with E-state index in [2.05, 4.69) is 20.6 Å². The Kier molecular flexibility index (Phi) is 6.17. The van der Waals surface area contributed by atoms with Gasteiger partial charge in [-0.25, -0.2) is 4.98 Å². The molecule has 2 aromatic heterocycles. The van der Waals surface area contributed by atoms with Crippen LogP contribution in [-0.2, 0) is 13.0 Å². The Balaban J connectivity index is 1.46. The Bertz CT molecular complexity index is 836. The van der Waals surface area contributed by atoms with E-state index in [1.54, 1.807) is 30.7 Å². The van der Waals surface area contributed by atoms with Crippen molar-refractivity contribution >= 4 is 23.3 Å². The molecular formula is C20H19ClN4O. The summed E-state index contributed by atoms with van der Waals surface area (Å²) in [5.74, 6) is 0.580. The van der Waals surface area contributed by atoms with Gasteiger partial charge < -0.3 is 10.6 Å². The monoisotopic (exact) mass is 366 g/mol. The Morgan fingerprint density at radius 3 is 2.54 bits per heavy atom. The van der Waals surface area contributed by atoms with Crippen LogP contribution in [0.3, 0.4) is 0 Å².